The highest BCUT2D eigenvalue weighted by Gasteiger charge is 2.20. The number of nitrogens with one attached hydrogen (secondary N) is 1. The first-order valence-electron chi connectivity index (χ1n) is 4.58. The van der Waals surface area contributed by atoms with Crippen molar-refractivity contribution in [3.63, 3.8) is 0 Å². The maximum atomic E-state index is 11.5. The Bertz CT molecular complexity index is 325. The van der Waals surface area contributed by atoms with Gasteiger partial charge in [0.15, 0.2) is 0 Å². The van der Waals surface area contributed by atoms with Gasteiger partial charge in [-0.3, -0.25) is 4.79 Å². The molecular weight excluding hydrogens is 196 g/mol. The van der Waals surface area contributed by atoms with E-state index < -0.39 is 0 Å². The highest BCUT2D eigenvalue weighted by atomic mass is 32.1. The molecule has 1 aromatic rings. The summed E-state index contributed by atoms with van der Waals surface area (Å²) in [5.74, 6) is 0.0744. The molecule has 3 nitrogen and oxygen atoms in total. The van der Waals surface area contributed by atoms with Crippen LogP contribution in [0.3, 0.4) is 0 Å². The fraction of sp³-hybridized carbons (Fsp3) is 0.600. The summed E-state index contributed by atoms with van der Waals surface area (Å²) in [6, 6.07) is 0. The molecule has 0 saturated heterocycles. The molecule has 1 aromatic heterocycles. The lowest BCUT2D eigenvalue weighted by molar-refractivity contribution is -0.128. The van der Waals surface area contributed by atoms with Gasteiger partial charge in [0.05, 0.1) is 17.7 Å². The van der Waals surface area contributed by atoms with Crippen molar-refractivity contribution in [2.45, 2.75) is 34.2 Å². The van der Waals surface area contributed by atoms with Crippen LogP contribution in [0.1, 0.15) is 31.3 Å². The first kappa shape index (κ1) is 11.2. The minimum atomic E-state index is -0.321. The lowest BCUT2D eigenvalue weighted by Crippen LogP contribution is -2.34. The number of rotatable bonds is 2. The minimum absolute atomic E-state index is 0.0744. The molecule has 1 heterocycles. The zero-order chi connectivity index (χ0) is 10.8. The van der Waals surface area contributed by atoms with Crippen molar-refractivity contribution >= 4 is 17.2 Å². The third-order valence-corrected chi connectivity index (χ3v) is 2.87. The van der Waals surface area contributed by atoms with Crippen molar-refractivity contribution in [2.24, 2.45) is 5.41 Å². The zero-order valence-electron chi connectivity index (χ0n) is 9.05. The largest absolute Gasteiger partial charge is 0.351 e. The van der Waals surface area contributed by atoms with Gasteiger partial charge in [0.1, 0.15) is 0 Å². The monoisotopic (exact) mass is 212 g/mol. The number of carbonyl (C=O) groups is 1. The third-order valence-electron chi connectivity index (χ3n) is 1.94. The van der Waals surface area contributed by atoms with E-state index >= 15 is 0 Å². The molecule has 0 aliphatic heterocycles. The van der Waals surface area contributed by atoms with E-state index in [9.17, 15) is 4.79 Å². The van der Waals surface area contributed by atoms with Crippen molar-refractivity contribution in [1.82, 2.24) is 10.3 Å². The Morgan fingerprint density at radius 3 is 2.64 bits per heavy atom. The summed E-state index contributed by atoms with van der Waals surface area (Å²) in [7, 11) is 0. The van der Waals surface area contributed by atoms with E-state index in [1.54, 1.807) is 16.8 Å². The van der Waals surface area contributed by atoms with Crippen LogP contribution < -0.4 is 5.32 Å². The molecule has 1 rings (SSSR count). The first-order valence-corrected chi connectivity index (χ1v) is 5.46. The van der Waals surface area contributed by atoms with E-state index in [0.717, 1.165) is 10.6 Å². The van der Waals surface area contributed by atoms with Gasteiger partial charge < -0.3 is 5.32 Å². The molecule has 0 radical (unpaired) electrons. The number of hydrogen-bond acceptors (Lipinski definition) is 3. The molecule has 0 bridgehead atoms. The van der Waals surface area contributed by atoms with E-state index in [1.807, 2.05) is 27.7 Å². The van der Waals surface area contributed by atoms with Crippen molar-refractivity contribution < 1.29 is 4.79 Å². The Balaban J connectivity index is 2.50. The number of hydrogen-bond donors (Lipinski definition) is 1. The van der Waals surface area contributed by atoms with Crippen molar-refractivity contribution in [3.05, 3.63) is 16.1 Å². The van der Waals surface area contributed by atoms with E-state index in [0.29, 0.717) is 6.54 Å². The van der Waals surface area contributed by atoms with Gasteiger partial charge in [-0.05, 0) is 6.92 Å². The zero-order valence-corrected chi connectivity index (χ0v) is 9.86. The number of amides is 1. The van der Waals surface area contributed by atoms with Crippen LogP contribution in [0.25, 0.3) is 0 Å². The van der Waals surface area contributed by atoms with Crippen LogP contribution in [0.4, 0.5) is 0 Å². The number of nitrogens with zero attached hydrogens (tertiary/aromatic N) is 1. The van der Waals surface area contributed by atoms with Gasteiger partial charge in [-0.2, -0.15) is 0 Å². The second-order valence-electron chi connectivity index (χ2n) is 4.29. The van der Waals surface area contributed by atoms with Crippen LogP contribution in [0.5, 0.6) is 0 Å². The third kappa shape index (κ3) is 2.80. The van der Waals surface area contributed by atoms with Crippen molar-refractivity contribution in [3.8, 4) is 0 Å². The van der Waals surface area contributed by atoms with Gasteiger partial charge in [0.25, 0.3) is 0 Å². The van der Waals surface area contributed by atoms with Crippen molar-refractivity contribution in [2.75, 3.05) is 0 Å². The van der Waals surface area contributed by atoms with Gasteiger partial charge in [-0.15, -0.1) is 11.3 Å². The van der Waals surface area contributed by atoms with Crippen LogP contribution in [-0.4, -0.2) is 10.9 Å². The van der Waals surface area contributed by atoms with Gasteiger partial charge in [-0.1, -0.05) is 20.8 Å². The Labute approximate surface area is 88.6 Å². The summed E-state index contributed by atoms with van der Waals surface area (Å²) in [5, 5.41) is 2.90. The first-order chi connectivity index (χ1) is 6.41. The maximum absolute atomic E-state index is 11.5. The molecule has 4 heteroatoms. The second-order valence-corrected chi connectivity index (χ2v) is 5.23. The molecule has 0 fully saturated rings. The number of aryl methyl sites for hydroxylation is 1. The normalized spacial score (nSPS) is 11.4. The van der Waals surface area contributed by atoms with Crippen molar-refractivity contribution in [1.29, 1.82) is 0 Å². The predicted octanol–water partition coefficient (Wildman–Crippen LogP) is 2.11. The highest BCUT2D eigenvalue weighted by molar-refractivity contribution is 7.09. The highest BCUT2D eigenvalue weighted by Crippen LogP contribution is 2.15. The summed E-state index contributed by atoms with van der Waals surface area (Å²) < 4.78 is 0. The molecule has 0 atom stereocenters. The molecule has 0 aliphatic carbocycles. The lowest BCUT2D eigenvalue weighted by Gasteiger charge is -2.17. The van der Waals surface area contributed by atoms with Crippen LogP contribution >= 0.6 is 11.3 Å². The fourth-order valence-corrected chi connectivity index (χ4v) is 1.64. The summed E-state index contributed by atoms with van der Waals surface area (Å²) in [6.07, 6.45) is 0. The summed E-state index contributed by atoms with van der Waals surface area (Å²) in [6.45, 7) is 8.26. The summed E-state index contributed by atoms with van der Waals surface area (Å²) in [4.78, 5) is 16.8. The van der Waals surface area contributed by atoms with Crippen LogP contribution in [0.15, 0.2) is 5.51 Å². The molecule has 1 N–H and O–H groups in total. The van der Waals surface area contributed by atoms with E-state index in [1.165, 1.54) is 0 Å². The smallest absolute Gasteiger partial charge is 0.225 e. The summed E-state index contributed by atoms with van der Waals surface area (Å²) >= 11 is 1.58. The molecule has 78 valence electrons. The number of thiazole rings is 1. The van der Waals surface area contributed by atoms with E-state index in [4.69, 9.17) is 0 Å². The maximum Gasteiger partial charge on any atom is 0.225 e. The molecule has 14 heavy (non-hydrogen) atoms. The average Bonchev–Trinajstić information content (AvgIpc) is 2.45. The predicted molar refractivity (Wildman–Crippen MR) is 58.2 cm³/mol. The molecule has 0 aromatic carbocycles. The molecule has 0 saturated carbocycles. The Kier molecular flexibility index (Phi) is 3.26. The quantitative estimate of drug-likeness (QED) is 0.816. The molecule has 1 amide bonds. The number of carbonyl (C=O) groups excluding carboxylic acids is 1. The minimum Gasteiger partial charge on any atom is -0.351 e. The molecular formula is C10H16N2OS. The topological polar surface area (TPSA) is 42.0 Å². The SMILES string of the molecule is Cc1ncsc1CNC(=O)C(C)(C)C. The molecule has 0 unspecified atom stereocenters. The lowest BCUT2D eigenvalue weighted by atomic mass is 9.96. The van der Waals surface area contributed by atoms with E-state index in [-0.39, 0.29) is 11.3 Å². The Hall–Kier alpha value is -0.900. The van der Waals surface area contributed by atoms with E-state index in [2.05, 4.69) is 10.3 Å². The van der Waals surface area contributed by atoms with Gasteiger partial charge >= 0.3 is 0 Å². The van der Waals surface area contributed by atoms with Gasteiger partial charge in [-0.25, -0.2) is 4.98 Å². The van der Waals surface area contributed by atoms with Gasteiger partial charge in [0, 0.05) is 10.3 Å². The summed E-state index contributed by atoms with van der Waals surface area (Å²) in [5.41, 5.74) is 2.48. The Morgan fingerprint density at radius 1 is 1.57 bits per heavy atom. The molecule has 0 aliphatic rings. The van der Waals surface area contributed by atoms with Crippen LogP contribution in [0.2, 0.25) is 0 Å². The number of aromatic nitrogens is 1. The standard InChI is InChI=1S/C10H16N2OS/c1-7-8(14-6-12-7)5-11-9(13)10(2,3)4/h6H,5H2,1-4H3,(H,11,13). The molecule has 0 spiro atoms. The van der Waals surface area contributed by atoms with Gasteiger partial charge in [0.2, 0.25) is 5.91 Å². The van der Waals surface area contributed by atoms with Crippen LogP contribution in [0, 0.1) is 12.3 Å². The average molecular weight is 212 g/mol. The fourth-order valence-electron chi connectivity index (χ4n) is 0.922. The Morgan fingerprint density at radius 2 is 2.21 bits per heavy atom. The second kappa shape index (κ2) is 4.09. The van der Waals surface area contributed by atoms with Crippen LogP contribution in [-0.2, 0) is 11.3 Å².